The standard InChI is InChI=1S/C14H18N2O5/c1-4-5-6-7-15-14(17)10-8-12(20-2)13(21-3)9-11(10)16(18)19/h4-5,8-9H,6-7H2,1-3H3,(H,15,17)/b5-4+. The van der Waals surface area contributed by atoms with E-state index in [1.165, 1.54) is 26.4 Å². The monoisotopic (exact) mass is 294 g/mol. The molecule has 0 heterocycles. The van der Waals surface area contributed by atoms with Gasteiger partial charge in [-0.1, -0.05) is 12.2 Å². The molecule has 0 fully saturated rings. The van der Waals surface area contributed by atoms with Crippen molar-refractivity contribution in [2.75, 3.05) is 20.8 Å². The molecule has 0 radical (unpaired) electrons. The van der Waals surface area contributed by atoms with E-state index >= 15 is 0 Å². The molecule has 7 nitrogen and oxygen atoms in total. The van der Waals surface area contributed by atoms with Crippen LogP contribution in [0.4, 0.5) is 5.69 Å². The van der Waals surface area contributed by atoms with E-state index < -0.39 is 10.8 Å². The first kappa shape index (κ1) is 16.5. The van der Waals surface area contributed by atoms with Crippen molar-refractivity contribution in [2.45, 2.75) is 13.3 Å². The second-order valence-electron chi connectivity index (χ2n) is 4.10. The van der Waals surface area contributed by atoms with Gasteiger partial charge in [-0.15, -0.1) is 0 Å². The average Bonchev–Trinajstić information content (AvgIpc) is 2.49. The van der Waals surface area contributed by atoms with Crippen molar-refractivity contribution in [3.8, 4) is 11.5 Å². The molecule has 0 saturated carbocycles. The van der Waals surface area contributed by atoms with Crippen molar-refractivity contribution in [3.63, 3.8) is 0 Å². The maximum Gasteiger partial charge on any atom is 0.286 e. The Morgan fingerprint density at radius 3 is 2.48 bits per heavy atom. The first-order valence-electron chi connectivity index (χ1n) is 6.34. The molecule has 21 heavy (non-hydrogen) atoms. The second-order valence-corrected chi connectivity index (χ2v) is 4.10. The van der Waals surface area contributed by atoms with Crippen LogP contribution in [-0.4, -0.2) is 31.6 Å². The molecule has 7 heteroatoms. The van der Waals surface area contributed by atoms with Crippen LogP contribution in [0.2, 0.25) is 0 Å². The van der Waals surface area contributed by atoms with E-state index in [1.807, 2.05) is 19.1 Å². The summed E-state index contributed by atoms with van der Waals surface area (Å²) < 4.78 is 10.1. The minimum Gasteiger partial charge on any atom is -0.493 e. The molecular formula is C14H18N2O5. The second kappa shape index (κ2) is 7.88. The minimum atomic E-state index is -0.622. The Morgan fingerprint density at radius 1 is 1.33 bits per heavy atom. The van der Waals surface area contributed by atoms with Crippen molar-refractivity contribution in [1.29, 1.82) is 0 Å². The van der Waals surface area contributed by atoms with Crippen LogP contribution >= 0.6 is 0 Å². The van der Waals surface area contributed by atoms with E-state index in [0.717, 1.165) is 0 Å². The summed E-state index contributed by atoms with van der Waals surface area (Å²) in [5.41, 5.74) is -0.380. The number of allylic oxidation sites excluding steroid dienone is 1. The van der Waals surface area contributed by atoms with Gasteiger partial charge in [0.25, 0.3) is 11.6 Å². The van der Waals surface area contributed by atoms with Gasteiger partial charge < -0.3 is 14.8 Å². The summed E-state index contributed by atoms with van der Waals surface area (Å²) in [6, 6.07) is 2.49. The van der Waals surface area contributed by atoms with Crippen molar-refractivity contribution in [2.24, 2.45) is 0 Å². The number of amides is 1. The molecular weight excluding hydrogens is 276 g/mol. The number of nitro groups is 1. The lowest BCUT2D eigenvalue weighted by Gasteiger charge is -2.10. The third-order valence-corrected chi connectivity index (χ3v) is 2.78. The van der Waals surface area contributed by atoms with Gasteiger partial charge in [-0.05, 0) is 13.3 Å². The number of benzene rings is 1. The Balaban J connectivity index is 3.08. The molecule has 0 spiro atoms. The van der Waals surface area contributed by atoms with Crippen LogP contribution in [0.3, 0.4) is 0 Å². The Kier molecular flexibility index (Phi) is 6.19. The maximum absolute atomic E-state index is 12.1. The van der Waals surface area contributed by atoms with Gasteiger partial charge in [-0.2, -0.15) is 0 Å². The summed E-state index contributed by atoms with van der Waals surface area (Å²) in [5.74, 6) is -0.0523. The summed E-state index contributed by atoms with van der Waals surface area (Å²) in [6.45, 7) is 2.27. The Bertz CT molecular complexity index is 555. The molecule has 0 aliphatic heterocycles. The lowest BCUT2D eigenvalue weighted by Crippen LogP contribution is -2.25. The van der Waals surface area contributed by atoms with Crippen molar-refractivity contribution in [1.82, 2.24) is 5.32 Å². The van der Waals surface area contributed by atoms with Crippen molar-refractivity contribution >= 4 is 11.6 Å². The van der Waals surface area contributed by atoms with Crippen LogP contribution in [0.25, 0.3) is 0 Å². The lowest BCUT2D eigenvalue weighted by atomic mass is 10.1. The number of methoxy groups -OCH3 is 2. The zero-order valence-electron chi connectivity index (χ0n) is 12.2. The SMILES string of the molecule is C/C=C/CCNC(=O)c1cc(OC)c(OC)cc1[N+](=O)[O-]. The highest BCUT2D eigenvalue weighted by Gasteiger charge is 2.24. The van der Waals surface area contributed by atoms with E-state index in [4.69, 9.17) is 9.47 Å². The summed E-state index contributed by atoms with van der Waals surface area (Å²) in [4.78, 5) is 22.5. The van der Waals surface area contributed by atoms with E-state index in [0.29, 0.717) is 13.0 Å². The van der Waals surface area contributed by atoms with E-state index in [1.54, 1.807) is 0 Å². The molecule has 1 amide bonds. The zero-order chi connectivity index (χ0) is 15.8. The summed E-state index contributed by atoms with van der Waals surface area (Å²) in [6.07, 6.45) is 4.41. The number of nitrogens with one attached hydrogen (secondary N) is 1. The largest absolute Gasteiger partial charge is 0.493 e. The molecule has 0 aliphatic rings. The fourth-order valence-electron chi connectivity index (χ4n) is 1.73. The predicted octanol–water partition coefficient (Wildman–Crippen LogP) is 2.31. The molecule has 1 aromatic rings. The van der Waals surface area contributed by atoms with Gasteiger partial charge in [0.15, 0.2) is 11.5 Å². The van der Waals surface area contributed by atoms with Gasteiger partial charge in [-0.3, -0.25) is 14.9 Å². The highest BCUT2D eigenvalue weighted by molar-refractivity contribution is 5.99. The van der Waals surface area contributed by atoms with Crippen LogP contribution in [0, 0.1) is 10.1 Å². The van der Waals surface area contributed by atoms with Crippen LogP contribution in [0.5, 0.6) is 11.5 Å². The molecule has 0 saturated heterocycles. The number of rotatable bonds is 7. The molecule has 0 atom stereocenters. The molecule has 1 N–H and O–H groups in total. The Morgan fingerprint density at radius 2 is 1.95 bits per heavy atom. The van der Waals surface area contributed by atoms with Gasteiger partial charge in [0.2, 0.25) is 0 Å². The third-order valence-electron chi connectivity index (χ3n) is 2.78. The van der Waals surface area contributed by atoms with E-state index in [2.05, 4.69) is 5.32 Å². The van der Waals surface area contributed by atoms with Crippen LogP contribution < -0.4 is 14.8 Å². The fourth-order valence-corrected chi connectivity index (χ4v) is 1.73. The van der Waals surface area contributed by atoms with Gasteiger partial charge in [0.05, 0.1) is 25.2 Å². The van der Waals surface area contributed by atoms with Crippen LogP contribution in [0.1, 0.15) is 23.7 Å². The lowest BCUT2D eigenvalue weighted by molar-refractivity contribution is -0.385. The summed E-state index contributed by atoms with van der Waals surface area (Å²) in [7, 11) is 2.77. The first-order valence-corrected chi connectivity index (χ1v) is 6.34. The number of ether oxygens (including phenoxy) is 2. The molecule has 1 rings (SSSR count). The van der Waals surface area contributed by atoms with Crippen molar-refractivity contribution < 1.29 is 19.2 Å². The molecule has 0 aromatic heterocycles. The third kappa shape index (κ3) is 4.20. The summed E-state index contributed by atoms with van der Waals surface area (Å²) in [5, 5.41) is 13.7. The smallest absolute Gasteiger partial charge is 0.286 e. The maximum atomic E-state index is 12.1. The normalized spacial score (nSPS) is 10.4. The number of nitro benzene ring substituents is 1. The number of hydrogen-bond acceptors (Lipinski definition) is 5. The zero-order valence-corrected chi connectivity index (χ0v) is 12.2. The topological polar surface area (TPSA) is 90.7 Å². The van der Waals surface area contributed by atoms with Gasteiger partial charge >= 0.3 is 0 Å². The molecule has 0 aliphatic carbocycles. The molecule has 0 bridgehead atoms. The number of hydrogen-bond donors (Lipinski definition) is 1. The van der Waals surface area contributed by atoms with Crippen LogP contribution in [0.15, 0.2) is 24.3 Å². The van der Waals surface area contributed by atoms with E-state index in [-0.39, 0.29) is 22.7 Å². The molecule has 0 unspecified atom stereocenters. The van der Waals surface area contributed by atoms with Crippen molar-refractivity contribution in [3.05, 3.63) is 40.0 Å². The van der Waals surface area contributed by atoms with Crippen LogP contribution in [-0.2, 0) is 0 Å². The molecule has 114 valence electrons. The summed E-state index contributed by atoms with van der Waals surface area (Å²) >= 11 is 0. The average molecular weight is 294 g/mol. The number of nitrogens with zero attached hydrogens (tertiary/aromatic N) is 1. The Labute approximate surface area is 122 Å². The van der Waals surface area contributed by atoms with E-state index in [9.17, 15) is 14.9 Å². The highest BCUT2D eigenvalue weighted by Crippen LogP contribution is 2.34. The number of carbonyl (C=O) groups excluding carboxylic acids is 1. The van der Waals surface area contributed by atoms with Gasteiger partial charge in [0.1, 0.15) is 5.56 Å². The van der Waals surface area contributed by atoms with Gasteiger partial charge in [0, 0.05) is 12.6 Å². The predicted molar refractivity (Wildman–Crippen MR) is 78.0 cm³/mol. The first-order chi connectivity index (χ1) is 10.0. The molecule has 1 aromatic carbocycles. The Hall–Kier alpha value is -2.57. The minimum absolute atomic E-state index is 0.0573. The van der Waals surface area contributed by atoms with Gasteiger partial charge in [-0.25, -0.2) is 0 Å². The quantitative estimate of drug-likeness (QED) is 0.360. The highest BCUT2D eigenvalue weighted by atomic mass is 16.6. The fraction of sp³-hybridized carbons (Fsp3) is 0.357. The number of carbonyl (C=O) groups is 1.